The van der Waals surface area contributed by atoms with Crippen molar-refractivity contribution in [1.29, 1.82) is 0 Å². The fourth-order valence-corrected chi connectivity index (χ4v) is 3.98. The van der Waals surface area contributed by atoms with Gasteiger partial charge in [-0.1, -0.05) is 13.8 Å². The Hall–Kier alpha value is -1.15. The molecule has 0 aliphatic carbocycles. The van der Waals surface area contributed by atoms with Gasteiger partial charge < -0.3 is 10.6 Å². The van der Waals surface area contributed by atoms with Gasteiger partial charge in [0.2, 0.25) is 0 Å². The molecule has 2 N–H and O–H groups in total. The molecular formula is C16H16FIN2OS. The molecule has 0 unspecified atom stereocenters. The van der Waals surface area contributed by atoms with Crippen molar-refractivity contribution < 1.29 is 9.18 Å². The minimum atomic E-state index is -0.291. The number of carbonyl (C=O) groups is 1. The predicted molar refractivity (Wildman–Crippen MR) is 96.5 cm³/mol. The summed E-state index contributed by atoms with van der Waals surface area (Å²) in [5.74, 6) is -0.331. The lowest BCUT2D eigenvalue weighted by Gasteiger charge is -2.21. The largest absolute Gasteiger partial charge is 0.351 e. The van der Waals surface area contributed by atoms with Crippen molar-refractivity contribution in [2.45, 2.75) is 20.3 Å². The Morgan fingerprint density at radius 3 is 2.86 bits per heavy atom. The van der Waals surface area contributed by atoms with Gasteiger partial charge in [0.1, 0.15) is 5.82 Å². The van der Waals surface area contributed by atoms with Crippen LogP contribution < -0.4 is 10.6 Å². The molecule has 3 rings (SSSR count). The summed E-state index contributed by atoms with van der Waals surface area (Å²) in [6, 6.07) is 7.01. The lowest BCUT2D eigenvalue weighted by Crippen LogP contribution is -2.31. The van der Waals surface area contributed by atoms with E-state index in [1.807, 2.05) is 12.1 Å². The summed E-state index contributed by atoms with van der Waals surface area (Å²) in [6.45, 7) is 4.93. The molecule has 0 atom stereocenters. The fraction of sp³-hybridized carbons (Fsp3) is 0.312. The van der Waals surface area contributed by atoms with Crippen molar-refractivity contribution in [2.75, 3.05) is 11.9 Å². The summed E-state index contributed by atoms with van der Waals surface area (Å²) < 4.78 is 14.8. The summed E-state index contributed by atoms with van der Waals surface area (Å²) in [4.78, 5) is 12.9. The highest BCUT2D eigenvalue weighted by atomic mass is 127. The Morgan fingerprint density at radius 1 is 1.36 bits per heavy atom. The number of benzene rings is 1. The molecule has 1 aliphatic heterocycles. The number of halogens is 2. The quantitative estimate of drug-likeness (QED) is 0.687. The Bertz CT molecular complexity index is 742. The van der Waals surface area contributed by atoms with Crippen LogP contribution in [0.3, 0.4) is 0 Å². The van der Waals surface area contributed by atoms with E-state index in [1.54, 1.807) is 6.07 Å². The van der Waals surface area contributed by atoms with Crippen LogP contribution in [0.2, 0.25) is 0 Å². The molecule has 1 aromatic heterocycles. The van der Waals surface area contributed by atoms with Crippen molar-refractivity contribution in [2.24, 2.45) is 5.41 Å². The van der Waals surface area contributed by atoms with Crippen LogP contribution in [0.4, 0.5) is 15.1 Å². The number of thiophene rings is 1. The van der Waals surface area contributed by atoms with Crippen LogP contribution >= 0.6 is 33.9 Å². The summed E-state index contributed by atoms with van der Waals surface area (Å²) >= 11 is 3.45. The van der Waals surface area contributed by atoms with Crippen LogP contribution in [-0.4, -0.2) is 12.5 Å². The molecule has 0 fully saturated rings. The highest BCUT2D eigenvalue weighted by molar-refractivity contribution is 14.1. The molecule has 22 heavy (non-hydrogen) atoms. The standard InChI is InChI=1S/C16H16FIN2OS/c1-16(2)7-9-5-13(22-14(9)15(21)19-8-16)20-12-4-3-10(18)6-11(12)17/h3-6,20H,7-8H2,1-2H3,(H,19,21). The number of hydrogen-bond donors (Lipinski definition) is 2. The second-order valence-corrected chi connectivity index (χ2v) is 8.54. The molecule has 0 saturated carbocycles. The summed E-state index contributed by atoms with van der Waals surface area (Å²) in [5, 5.41) is 6.83. The molecule has 2 aromatic rings. The fourth-order valence-electron chi connectivity index (χ4n) is 2.52. The molecule has 3 nitrogen and oxygen atoms in total. The number of hydrogen-bond acceptors (Lipinski definition) is 3. The molecule has 0 bridgehead atoms. The van der Waals surface area contributed by atoms with E-state index >= 15 is 0 Å². The van der Waals surface area contributed by atoms with Crippen LogP contribution in [0.15, 0.2) is 24.3 Å². The van der Waals surface area contributed by atoms with E-state index in [0.29, 0.717) is 12.2 Å². The molecule has 1 aromatic carbocycles. The zero-order valence-corrected chi connectivity index (χ0v) is 15.3. The zero-order chi connectivity index (χ0) is 15.9. The van der Waals surface area contributed by atoms with Crippen LogP contribution in [0.5, 0.6) is 0 Å². The Labute approximate surface area is 146 Å². The molecule has 0 radical (unpaired) electrons. The summed E-state index contributed by atoms with van der Waals surface area (Å²) in [5.41, 5.74) is 1.47. The lowest BCUT2D eigenvalue weighted by atomic mass is 9.87. The van der Waals surface area contributed by atoms with Gasteiger partial charge in [0.25, 0.3) is 5.91 Å². The first-order chi connectivity index (χ1) is 10.3. The third kappa shape index (κ3) is 3.27. The minimum absolute atomic E-state index is 0.0212. The number of carbonyl (C=O) groups excluding carboxylic acids is 1. The Kier molecular flexibility index (Phi) is 4.15. The zero-order valence-electron chi connectivity index (χ0n) is 12.3. The van der Waals surface area contributed by atoms with E-state index in [2.05, 4.69) is 47.1 Å². The Morgan fingerprint density at radius 2 is 2.14 bits per heavy atom. The minimum Gasteiger partial charge on any atom is -0.351 e. The highest BCUT2D eigenvalue weighted by Gasteiger charge is 2.29. The monoisotopic (exact) mass is 430 g/mol. The molecule has 1 aliphatic rings. The molecule has 2 heterocycles. The van der Waals surface area contributed by atoms with Gasteiger partial charge in [0.05, 0.1) is 15.6 Å². The number of anilines is 2. The normalized spacial score (nSPS) is 16.6. The molecule has 116 valence electrons. The second-order valence-electron chi connectivity index (χ2n) is 6.24. The number of nitrogens with one attached hydrogen (secondary N) is 2. The molecule has 1 amide bonds. The van der Waals surface area contributed by atoms with Crippen LogP contribution in [-0.2, 0) is 6.42 Å². The highest BCUT2D eigenvalue weighted by Crippen LogP contribution is 2.36. The molecule has 0 spiro atoms. The number of fused-ring (bicyclic) bond motifs is 1. The maximum atomic E-state index is 13.9. The predicted octanol–water partition coefficient (Wildman–Crippen LogP) is 4.55. The molecular weight excluding hydrogens is 414 g/mol. The maximum absolute atomic E-state index is 13.9. The van der Waals surface area contributed by atoms with Gasteiger partial charge in [-0.25, -0.2) is 4.39 Å². The second kappa shape index (κ2) is 5.81. The smallest absolute Gasteiger partial charge is 0.261 e. The van der Waals surface area contributed by atoms with E-state index in [9.17, 15) is 9.18 Å². The summed E-state index contributed by atoms with van der Waals surface area (Å²) in [7, 11) is 0. The van der Waals surface area contributed by atoms with E-state index in [0.717, 1.165) is 25.4 Å². The average Bonchev–Trinajstić information content (AvgIpc) is 2.77. The van der Waals surface area contributed by atoms with Gasteiger partial charge in [-0.15, -0.1) is 11.3 Å². The van der Waals surface area contributed by atoms with Gasteiger partial charge in [0, 0.05) is 10.1 Å². The third-order valence-corrected chi connectivity index (χ3v) is 5.36. The van der Waals surface area contributed by atoms with Gasteiger partial charge in [-0.2, -0.15) is 0 Å². The van der Waals surface area contributed by atoms with E-state index in [4.69, 9.17) is 0 Å². The number of amides is 1. The summed E-state index contributed by atoms with van der Waals surface area (Å²) in [6.07, 6.45) is 0.828. The number of rotatable bonds is 2. The third-order valence-electron chi connectivity index (χ3n) is 3.60. The van der Waals surface area contributed by atoms with Crippen LogP contribution in [0.1, 0.15) is 29.1 Å². The molecule has 6 heteroatoms. The van der Waals surface area contributed by atoms with Crippen LogP contribution in [0, 0.1) is 14.8 Å². The maximum Gasteiger partial charge on any atom is 0.261 e. The van der Waals surface area contributed by atoms with Crippen LogP contribution in [0.25, 0.3) is 0 Å². The first-order valence-electron chi connectivity index (χ1n) is 6.97. The Balaban J connectivity index is 1.91. The van der Waals surface area contributed by atoms with Gasteiger partial charge >= 0.3 is 0 Å². The SMILES string of the molecule is CC1(C)CNC(=O)c2sc(Nc3ccc(I)cc3F)cc2C1. The van der Waals surface area contributed by atoms with Gasteiger partial charge in [-0.05, 0) is 64.3 Å². The van der Waals surface area contributed by atoms with Crippen molar-refractivity contribution in [1.82, 2.24) is 5.32 Å². The first kappa shape index (κ1) is 15.7. The lowest BCUT2D eigenvalue weighted by molar-refractivity contribution is 0.0948. The van der Waals surface area contributed by atoms with Gasteiger partial charge in [0.15, 0.2) is 0 Å². The van der Waals surface area contributed by atoms with Crippen molar-refractivity contribution in [3.8, 4) is 0 Å². The molecule has 0 saturated heterocycles. The van der Waals surface area contributed by atoms with Gasteiger partial charge in [-0.3, -0.25) is 4.79 Å². The van der Waals surface area contributed by atoms with E-state index < -0.39 is 0 Å². The van der Waals surface area contributed by atoms with Crippen molar-refractivity contribution in [3.05, 3.63) is 44.1 Å². The van der Waals surface area contributed by atoms with E-state index in [-0.39, 0.29) is 17.1 Å². The van der Waals surface area contributed by atoms with Crippen molar-refractivity contribution >= 4 is 50.5 Å². The van der Waals surface area contributed by atoms with E-state index in [1.165, 1.54) is 17.4 Å². The average molecular weight is 430 g/mol. The first-order valence-corrected chi connectivity index (χ1v) is 8.87. The van der Waals surface area contributed by atoms with Crippen molar-refractivity contribution in [3.63, 3.8) is 0 Å². The topological polar surface area (TPSA) is 41.1 Å².